The molecule has 0 aromatic carbocycles. The first-order chi connectivity index (χ1) is 29.6. The number of primary amides is 1. The van der Waals surface area contributed by atoms with Gasteiger partial charge in [0.1, 0.15) is 48.3 Å². The first-order valence-electron chi connectivity index (χ1n) is 20.6. The molecule has 25 heteroatoms. The van der Waals surface area contributed by atoms with Gasteiger partial charge < -0.3 is 78.9 Å². The zero-order valence-corrected chi connectivity index (χ0v) is 37.0. The Bertz CT molecular complexity index is 1650. The van der Waals surface area contributed by atoms with Crippen LogP contribution >= 0.6 is 11.8 Å². The normalized spacial score (nSPS) is 25.7. The molecule has 1 fully saturated rings. The number of aliphatic hydroxyl groups is 1. The molecule has 0 spiro atoms. The molecular weight excluding hydrogens is 853 g/mol. The number of hydrogen-bond donors (Lipinski definition) is 11. The summed E-state index contributed by atoms with van der Waals surface area (Å²) < 4.78 is 0. The number of carboxylic acids is 2. The molecule has 1 aliphatic rings. The number of carbonyl (C=O) groups excluding carboxylic acids is 11. The van der Waals surface area contributed by atoms with Crippen LogP contribution in [0.4, 0.5) is 0 Å². The lowest BCUT2D eigenvalue weighted by atomic mass is 9.96. The number of aliphatic hydroxyl groups excluding tert-OH is 1. The van der Waals surface area contributed by atoms with Crippen molar-refractivity contribution in [2.24, 2.45) is 17.6 Å². The van der Waals surface area contributed by atoms with Gasteiger partial charge in [-0.1, -0.05) is 34.1 Å². The number of carboxylic acid groups (broad SMARTS) is 2. The fourth-order valence-electron chi connectivity index (χ4n) is 6.21. The maximum atomic E-state index is 14.0. The lowest BCUT2D eigenvalue weighted by Gasteiger charge is -2.30. The summed E-state index contributed by atoms with van der Waals surface area (Å²) in [5.41, 5.74) is 9.12. The van der Waals surface area contributed by atoms with E-state index in [1.165, 1.54) is 11.8 Å². The van der Waals surface area contributed by atoms with Crippen LogP contribution < -0.4 is 64.2 Å². The first-order valence-corrected chi connectivity index (χ1v) is 22.0. The van der Waals surface area contributed by atoms with E-state index in [2.05, 4.69) is 48.3 Å². The number of thioether (sulfide) groups is 1. The Balaban J connectivity index is 4.00. The van der Waals surface area contributed by atoms with Crippen molar-refractivity contribution in [3.05, 3.63) is 0 Å². The van der Waals surface area contributed by atoms with E-state index in [9.17, 15) is 68.1 Å². The average molecular weight is 916 g/mol. The summed E-state index contributed by atoms with van der Waals surface area (Å²) in [5, 5.41) is 52.3. The van der Waals surface area contributed by atoms with E-state index in [4.69, 9.17) is 5.73 Å². The third-order valence-electron chi connectivity index (χ3n) is 9.86. The Morgan fingerprint density at radius 3 is 1.46 bits per heavy atom. The summed E-state index contributed by atoms with van der Waals surface area (Å²) in [6.07, 6.45) is -0.641. The second-order valence-electron chi connectivity index (χ2n) is 15.6. The molecule has 14 N–H and O–H groups in total. The van der Waals surface area contributed by atoms with Gasteiger partial charge in [-0.2, -0.15) is 11.8 Å². The number of unbranched alkanes of at least 4 members (excludes halogenated alkanes) is 1. The number of aliphatic carboxylic acids is 2. The van der Waals surface area contributed by atoms with Crippen molar-refractivity contribution in [2.45, 2.75) is 134 Å². The zero-order chi connectivity index (χ0) is 48.0. The molecule has 1 aliphatic heterocycles. The molecule has 0 bridgehead atoms. The van der Waals surface area contributed by atoms with Crippen LogP contribution in [-0.2, 0) is 52.7 Å². The molecule has 0 radical (unpaired) electrons. The third kappa shape index (κ3) is 20.0. The van der Waals surface area contributed by atoms with Crippen LogP contribution in [0.1, 0.15) is 85.5 Å². The van der Waals surface area contributed by atoms with E-state index >= 15 is 0 Å². The van der Waals surface area contributed by atoms with E-state index in [0.717, 1.165) is 0 Å². The molecule has 9 atom stereocenters. The summed E-state index contributed by atoms with van der Waals surface area (Å²) in [7, 11) is 0. The van der Waals surface area contributed by atoms with Crippen LogP contribution in [0, 0.1) is 11.8 Å². The molecule has 0 aliphatic carbocycles. The smallest absolute Gasteiger partial charge is 0.245 e. The predicted octanol–water partition coefficient (Wildman–Crippen LogP) is -7.72. The molecule has 0 aromatic rings. The standard InChI is InChI=1S/C38H64N10O14S/c1-6-19(4)30-38(62)46-25(16-29(53)54)35(59)44-23(14-27(40)50)34(58)42-21(10-12-63-5)31(55)45-24(15-28(51)52)36(60)47-26(17-49)37(61)43-22(13-18(2)3)33(57)41-20(32(56)48-30)9-7-8-11-39/h18-26,30,49H,6-17,39H2,1-5H3,(H2,40,50)(H,41,57)(H,42,58)(H,43,61)(H,44,59)(H,45,55)(H,46,62)(H,47,60)(H,48,56)(H,51,52)(H,53,54)/p-1/t19-,20-,21-,22-,23-,24-,25-,26-,30-/m0/s1. The highest BCUT2D eigenvalue weighted by Crippen LogP contribution is 2.13. The predicted molar refractivity (Wildman–Crippen MR) is 219 cm³/mol. The van der Waals surface area contributed by atoms with Gasteiger partial charge in [0.05, 0.1) is 19.6 Å². The summed E-state index contributed by atoms with van der Waals surface area (Å²) in [6.45, 7) is 6.09. The van der Waals surface area contributed by atoms with Crippen LogP contribution in [-0.4, -0.2) is 144 Å². The van der Waals surface area contributed by atoms with Crippen molar-refractivity contribution in [1.29, 1.82) is 0 Å². The molecule has 356 valence electrons. The van der Waals surface area contributed by atoms with E-state index in [0.29, 0.717) is 19.4 Å². The third-order valence-corrected chi connectivity index (χ3v) is 10.5. The van der Waals surface area contributed by atoms with E-state index in [1.807, 2.05) is 0 Å². The monoisotopic (exact) mass is 915 g/mol. The molecule has 24 nitrogen and oxygen atoms in total. The van der Waals surface area contributed by atoms with Crippen LogP contribution in [0.5, 0.6) is 0 Å². The van der Waals surface area contributed by atoms with Crippen molar-refractivity contribution in [3.8, 4) is 0 Å². The van der Waals surface area contributed by atoms with Gasteiger partial charge in [-0.15, -0.1) is 0 Å². The fraction of sp³-hybridized carbons (Fsp3) is 0.711. The lowest BCUT2D eigenvalue weighted by molar-refractivity contribution is -0.368. The quantitative estimate of drug-likeness (QED) is 0.0569. The first kappa shape index (κ1) is 55.5. The number of quaternary nitrogens is 1. The number of amides is 9. The van der Waals surface area contributed by atoms with Gasteiger partial charge in [0.25, 0.3) is 0 Å². The molecular formula is C38H63N10O14S-. The summed E-state index contributed by atoms with van der Waals surface area (Å²) in [4.78, 5) is 145. The van der Waals surface area contributed by atoms with Crippen LogP contribution in [0.3, 0.4) is 0 Å². The number of hydrogen-bond acceptors (Lipinski definition) is 15. The number of nitrogens with one attached hydrogen (secondary N) is 8. The minimum Gasteiger partial charge on any atom is -0.550 e. The maximum absolute atomic E-state index is 14.0. The summed E-state index contributed by atoms with van der Waals surface area (Å²) in [5.74, 6) is -14.4. The molecule has 1 rings (SSSR count). The summed E-state index contributed by atoms with van der Waals surface area (Å²) in [6, 6.07) is -13.4. The fourth-order valence-corrected chi connectivity index (χ4v) is 6.68. The van der Waals surface area contributed by atoms with Gasteiger partial charge >= 0.3 is 0 Å². The van der Waals surface area contributed by atoms with Crippen LogP contribution in [0.25, 0.3) is 0 Å². The van der Waals surface area contributed by atoms with E-state index in [-0.39, 0.29) is 37.4 Å². The molecule has 0 saturated carbocycles. The van der Waals surface area contributed by atoms with Crippen molar-refractivity contribution >= 4 is 76.9 Å². The molecule has 0 unspecified atom stereocenters. The average Bonchev–Trinajstić information content (AvgIpc) is 3.20. The summed E-state index contributed by atoms with van der Waals surface area (Å²) >= 11 is 1.21. The molecule has 1 saturated heterocycles. The SMILES string of the molecule is CC[C@H](C)[C@@H]1NC(=O)[C@H](CCCC[NH3+])NC(=O)[C@H](CC(C)C)NC(=O)[C@H](CO)NC(=O)[C@H](CC(=O)[O-])NC(=O)[C@H](CCSC)NC(=O)[C@H](CC(N)=O)NC(=O)[C@H](CC(=O)[O-])NC1=O. The zero-order valence-electron chi connectivity index (χ0n) is 36.2. The van der Waals surface area contributed by atoms with Gasteiger partial charge in [0, 0.05) is 24.8 Å². The topological polar surface area (TPSA) is 404 Å². The molecule has 1 heterocycles. The van der Waals surface area contributed by atoms with Crippen molar-refractivity contribution in [1.82, 2.24) is 42.5 Å². The Kier molecular flexibility index (Phi) is 24.8. The molecule has 9 amide bonds. The second-order valence-corrected chi connectivity index (χ2v) is 16.6. The van der Waals surface area contributed by atoms with Gasteiger partial charge in [-0.25, -0.2) is 0 Å². The minimum absolute atomic E-state index is 0.0162. The minimum atomic E-state index is -1.98. The lowest BCUT2D eigenvalue weighted by Crippen LogP contribution is -2.63. The van der Waals surface area contributed by atoms with Crippen molar-refractivity contribution in [2.75, 3.05) is 25.2 Å². The Hall–Kier alpha value is -5.56. The molecule has 0 aromatic heterocycles. The number of nitrogens with two attached hydrogens (primary N) is 1. The highest BCUT2D eigenvalue weighted by molar-refractivity contribution is 7.98. The van der Waals surface area contributed by atoms with Crippen molar-refractivity contribution in [3.63, 3.8) is 0 Å². The Morgan fingerprint density at radius 1 is 0.619 bits per heavy atom. The second kappa shape index (κ2) is 28.2. The van der Waals surface area contributed by atoms with Gasteiger partial charge in [0.15, 0.2) is 0 Å². The molecule has 63 heavy (non-hydrogen) atoms. The highest BCUT2D eigenvalue weighted by atomic mass is 32.2. The van der Waals surface area contributed by atoms with Crippen molar-refractivity contribution < 1.29 is 73.8 Å². The van der Waals surface area contributed by atoms with Gasteiger partial charge in [0.2, 0.25) is 53.2 Å². The van der Waals surface area contributed by atoms with E-state index in [1.54, 1.807) is 34.0 Å². The largest absolute Gasteiger partial charge is 0.550 e. The van der Waals surface area contributed by atoms with Gasteiger partial charge in [-0.05, 0) is 55.9 Å². The Labute approximate surface area is 369 Å². The van der Waals surface area contributed by atoms with E-state index < -0.39 is 145 Å². The van der Waals surface area contributed by atoms with Crippen LogP contribution in [0.15, 0.2) is 0 Å². The van der Waals surface area contributed by atoms with Gasteiger partial charge in [-0.3, -0.25) is 43.2 Å². The highest BCUT2D eigenvalue weighted by Gasteiger charge is 2.37. The maximum Gasteiger partial charge on any atom is 0.245 e. The number of carbonyl (C=O) groups is 11. The number of rotatable bonds is 18. The van der Waals surface area contributed by atoms with Crippen LogP contribution in [0.2, 0.25) is 0 Å². The Morgan fingerprint density at radius 2 is 1.02 bits per heavy atom.